The van der Waals surface area contributed by atoms with Crippen LogP contribution in [0.1, 0.15) is 45.7 Å². The van der Waals surface area contributed by atoms with Gasteiger partial charge in [0, 0.05) is 17.9 Å². The Morgan fingerprint density at radius 2 is 1.80 bits per heavy atom. The van der Waals surface area contributed by atoms with Gasteiger partial charge in [-0.05, 0) is 57.0 Å². The summed E-state index contributed by atoms with van der Waals surface area (Å²) in [6.07, 6.45) is 0.743. The van der Waals surface area contributed by atoms with Gasteiger partial charge in [-0.1, -0.05) is 31.2 Å². The van der Waals surface area contributed by atoms with Crippen LogP contribution in [-0.2, 0) is 9.53 Å². The number of benzene rings is 2. The Kier molecular flexibility index (Phi) is 8.72. The van der Waals surface area contributed by atoms with E-state index in [0.29, 0.717) is 47.1 Å². The van der Waals surface area contributed by atoms with Gasteiger partial charge < -0.3 is 25.4 Å². The van der Waals surface area contributed by atoms with Gasteiger partial charge in [0.2, 0.25) is 0 Å². The van der Waals surface area contributed by atoms with Crippen molar-refractivity contribution in [2.75, 3.05) is 30.4 Å². The number of amides is 4. The largest absolute Gasteiger partial charge is 0.492 e. The molecule has 3 rings (SSSR count). The number of anilines is 2. The van der Waals surface area contributed by atoms with Crippen LogP contribution in [0.25, 0.3) is 0 Å². The summed E-state index contributed by atoms with van der Waals surface area (Å²) in [5.41, 5.74) is 2.61. The molecule has 1 aliphatic rings. The molecule has 2 aromatic rings. The van der Waals surface area contributed by atoms with Crippen LogP contribution >= 0.6 is 0 Å². The molecule has 0 fully saturated rings. The predicted molar refractivity (Wildman–Crippen MR) is 134 cm³/mol. The Balaban J connectivity index is 1.85. The van der Waals surface area contributed by atoms with Crippen LogP contribution in [0, 0.1) is 0 Å². The zero-order valence-electron chi connectivity index (χ0n) is 20.5. The quantitative estimate of drug-likeness (QED) is 0.436. The highest BCUT2D eigenvalue weighted by Gasteiger charge is 2.36. The van der Waals surface area contributed by atoms with E-state index < -0.39 is 18.0 Å². The van der Waals surface area contributed by atoms with Gasteiger partial charge in [-0.25, -0.2) is 14.4 Å². The van der Waals surface area contributed by atoms with Crippen molar-refractivity contribution >= 4 is 29.4 Å². The Morgan fingerprint density at radius 3 is 2.51 bits per heavy atom. The third-order valence-electron chi connectivity index (χ3n) is 5.45. The number of carbonyl (C=O) groups is 3. The lowest BCUT2D eigenvalue weighted by atomic mass is 9.94. The highest BCUT2D eigenvalue weighted by molar-refractivity contribution is 6.01. The average molecular weight is 481 g/mol. The van der Waals surface area contributed by atoms with Crippen molar-refractivity contribution < 1.29 is 23.9 Å². The van der Waals surface area contributed by atoms with Crippen molar-refractivity contribution in [1.82, 2.24) is 10.2 Å². The number of allylic oxidation sites excluding steroid dienone is 1. The molecule has 0 saturated carbocycles. The highest BCUT2D eigenvalue weighted by atomic mass is 16.5. The molecule has 1 atom stereocenters. The van der Waals surface area contributed by atoms with Crippen LogP contribution in [0.2, 0.25) is 0 Å². The first kappa shape index (κ1) is 25.6. The molecule has 1 aliphatic heterocycles. The summed E-state index contributed by atoms with van der Waals surface area (Å²) in [6, 6.07) is 12.7. The molecular formula is C26H32N4O5. The lowest BCUT2D eigenvalue weighted by Gasteiger charge is -2.35. The highest BCUT2D eigenvalue weighted by Crippen LogP contribution is 2.32. The zero-order chi connectivity index (χ0) is 25.4. The lowest BCUT2D eigenvalue weighted by molar-refractivity contribution is -0.139. The van der Waals surface area contributed by atoms with Crippen molar-refractivity contribution in [3.63, 3.8) is 0 Å². The second-order valence-corrected chi connectivity index (χ2v) is 7.89. The molecule has 9 nitrogen and oxygen atoms in total. The number of hydrogen-bond donors (Lipinski definition) is 3. The van der Waals surface area contributed by atoms with Gasteiger partial charge >= 0.3 is 18.0 Å². The van der Waals surface area contributed by atoms with E-state index >= 15 is 0 Å². The third kappa shape index (κ3) is 6.11. The fraction of sp³-hybridized carbons (Fsp3) is 0.346. The molecular weight excluding hydrogens is 448 g/mol. The number of nitrogens with one attached hydrogen (secondary N) is 3. The van der Waals surface area contributed by atoms with Crippen LogP contribution < -0.4 is 20.7 Å². The molecule has 35 heavy (non-hydrogen) atoms. The summed E-state index contributed by atoms with van der Waals surface area (Å²) in [5.74, 6) is 0.0832. The Bertz CT molecular complexity index is 1110. The number of hydrogen-bond acceptors (Lipinski definition) is 5. The van der Waals surface area contributed by atoms with Crippen molar-refractivity contribution in [2.45, 2.75) is 40.2 Å². The van der Waals surface area contributed by atoms with E-state index in [4.69, 9.17) is 9.47 Å². The lowest BCUT2D eigenvalue weighted by Crippen LogP contribution is -2.48. The fourth-order valence-corrected chi connectivity index (χ4v) is 3.93. The number of nitrogens with zero attached hydrogens (tertiary/aromatic N) is 1. The first-order chi connectivity index (χ1) is 16.9. The summed E-state index contributed by atoms with van der Waals surface area (Å²) >= 11 is 0. The molecule has 1 unspecified atom stereocenters. The molecule has 0 saturated heterocycles. The number of esters is 1. The first-order valence-electron chi connectivity index (χ1n) is 11.7. The van der Waals surface area contributed by atoms with Crippen LogP contribution in [0.4, 0.5) is 21.0 Å². The summed E-state index contributed by atoms with van der Waals surface area (Å²) in [7, 11) is 0. The number of ether oxygens (including phenoxy) is 2. The number of rotatable bonds is 9. The van der Waals surface area contributed by atoms with Crippen LogP contribution in [0.15, 0.2) is 59.8 Å². The minimum atomic E-state index is -0.710. The summed E-state index contributed by atoms with van der Waals surface area (Å²) in [5, 5.41) is 8.50. The van der Waals surface area contributed by atoms with Crippen molar-refractivity contribution in [3.8, 4) is 5.75 Å². The maximum absolute atomic E-state index is 12.9. The number of para-hydroxylation sites is 2. The molecule has 4 amide bonds. The average Bonchev–Trinajstić information content (AvgIpc) is 2.83. The maximum atomic E-state index is 12.9. The van der Waals surface area contributed by atoms with Crippen LogP contribution in [-0.4, -0.2) is 42.7 Å². The van der Waals surface area contributed by atoms with Gasteiger partial charge in [-0.3, -0.25) is 4.90 Å². The second-order valence-electron chi connectivity index (χ2n) is 7.89. The molecule has 0 aromatic heterocycles. The van der Waals surface area contributed by atoms with E-state index in [0.717, 1.165) is 6.42 Å². The molecule has 0 aliphatic carbocycles. The van der Waals surface area contributed by atoms with Gasteiger partial charge in [0.15, 0.2) is 0 Å². The molecule has 2 aromatic carbocycles. The molecule has 186 valence electrons. The van der Waals surface area contributed by atoms with Gasteiger partial charge in [0.05, 0.1) is 30.5 Å². The van der Waals surface area contributed by atoms with Gasteiger partial charge in [0.1, 0.15) is 5.75 Å². The Labute approximate surface area is 205 Å². The topological polar surface area (TPSA) is 109 Å². The van der Waals surface area contributed by atoms with E-state index in [1.54, 1.807) is 61.2 Å². The Morgan fingerprint density at radius 1 is 1.03 bits per heavy atom. The van der Waals surface area contributed by atoms with Gasteiger partial charge in [0.25, 0.3) is 0 Å². The van der Waals surface area contributed by atoms with Crippen molar-refractivity contribution in [2.24, 2.45) is 0 Å². The van der Waals surface area contributed by atoms with Crippen LogP contribution in [0.5, 0.6) is 5.75 Å². The van der Waals surface area contributed by atoms with E-state index in [1.165, 1.54) is 0 Å². The maximum Gasteiger partial charge on any atom is 0.338 e. The van der Waals surface area contributed by atoms with Gasteiger partial charge in [-0.15, -0.1) is 0 Å². The smallest absolute Gasteiger partial charge is 0.338 e. The summed E-state index contributed by atoms with van der Waals surface area (Å²) in [6.45, 7) is 8.49. The first-order valence-corrected chi connectivity index (χ1v) is 11.7. The molecule has 0 radical (unpaired) electrons. The van der Waals surface area contributed by atoms with Crippen molar-refractivity contribution in [1.29, 1.82) is 0 Å². The Hall–Kier alpha value is -4.01. The normalized spacial score (nSPS) is 15.4. The summed E-state index contributed by atoms with van der Waals surface area (Å²) in [4.78, 5) is 39.9. The molecule has 0 bridgehead atoms. The SMILES string of the molecule is CCCN1C(=O)NC(c2cccc(NC(=O)Nc3ccccc3OCC)c2)C(C(=O)OCC)=C1C. The summed E-state index contributed by atoms with van der Waals surface area (Å²) < 4.78 is 10.8. The standard InChI is InChI=1S/C26H32N4O5/c1-5-15-30-17(4)22(24(31)35-7-3)23(29-26(30)33)18-11-10-12-19(16-18)27-25(32)28-20-13-8-9-14-21(20)34-6-2/h8-14,16,23H,5-7,15H2,1-4H3,(H,29,33)(H2,27,28,32). The molecule has 3 N–H and O–H groups in total. The van der Waals surface area contributed by atoms with E-state index in [9.17, 15) is 14.4 Å². The fourth-order valence-electron chi connectivity index (χ4n) is 3.93. The monoisotopic (exact) mass is 480 g/mol. The minimum absolute atomic E-state index is 0.217. The van der Waals surface area contributed by atoms with Crippen molar-refractivity contribution in [3.05, 3.63) is 65.4 Å². The van der Waals surface area contributed by atoms with Gasteiger partial charge in [-0.2, -0.15) is 0 Å². The van der Waals surface area contributed by atoms with E-state index in [2.05, 4.69) is 16.0 Å². The number of urea groups is 2. The zero-order valence-corrected chi connectivity index (χ0v) is 20.5. The second kappa shape index (κ2) is 11.9. The minimum Gasteiger partial charge on any atom is -0.492 e. The predicted octanol–water partition coefficient (Wildman–Crippen LogP) is 5.04. The molecule has 0 spiro atoms. The third-order valence-corrected chi connectivity index (χ3v) is 5.45. The molecule has 9 heteroatoms. The number of carbonyl (C=O) groups excluding carboxylic acids is 3. The van der Waals surface area contributed by atoms with Crippen LogP contribution in [0.3, 0.4) is 0 Å². The molecule has 1 heterocycles. The van der Waals surface area contributed by atoms with E-state index in [1.807, 2.05) is 19.9 Å². The van der Waals surface area contributed by atoms with E-state index in [-0.39, 0.29) is 12.6 Å².